The molecule has 0 aliphatic heterocycles. The van der Waals surface area contributed by atoms with Crippen molar-refractivity contribution >= 4 is 29.3 Å². The van der Waals surface area contributed by atoms with E-state index in [0.29, 0.717) is 23.9 Å². The van der Waals surface area contributed by atoms with Crippen LogP contribution < -0.4 is 5.32 Å². The predicted octanol–water partition coefficient (Wildman–Crippen LogP) is 7.02. The van der Waals surface area contributed by atoms with Crippen LogP contribution in [-0.4, -0.2) is 39.0 Å². The van der Waals surface area contributed by atoms with E-state index in [9.17, 15) is 9.59 Å². The number of rotatable bonds is 9. The van der Waals surface area contributed by atoms with Gasteiger partial charge in [-0.25, -0.2) is 4.79 Å². The van der Waals surface area contributed by atoms with Gasteiger partial charge in [0.05, 0.1) is 17.9 Å². The van der Waals surface area contributed by atoms with Crippen molar-refractivity contribution in [3.63, 3.8) is 0 Å². The summed E-state index contributed by atoms with van der Waals surface area (Å²) in [4.78, 5) is 24.6. The van der Waals surface area contributed by atoms with Crippen LogP contribution in [0.4, 0.5) is 5.69 Å². The van der Waals surface area contributed by atoms with Gasteiger partial charge in [-0.3, -0.25) is 9.36 Å². The van der Waals surface area contributed by atoms with Crippen LogP contribution in [0.3, 0.4) is 0 Å². The van der Waals surface area contributed by atoms with E-state index >= 15 is 0 Å². The topological polar surface area (TPSA) is 86.1 Å². The fourth-order valence-electron chi connectivity index (χ4n) is 4.91. The first-order valence-electron chi connectivity index (χ1n) is 13.4. The molecule has 1 N–H and O–H groups in total. The molecule has 1 fully saturated rings. The van der Waals surface area contributed by atoms with Crippen LogP contribution in [0.5, 0.6) is 0 Å². The predicted molar refractivity (Wildman–Crippen MR) is 155 cm³/mol. The van der Waals surface area contributed by atoms with E-state index in [4.69, 9.17) is 4.74 Å². The molecule has 8 heteroatoms. The lowest BCUT2D eigenvalue weighted by Crippen LogP contribution is -2.17. The second-order valence-electron chi connectivity index (χ2n) is 9.55. The number of hydrogen-bond donors (Lipinski definition) is 1. The van der Waals surface area contributed by atoms with Crippen LogP contribution in [-0.2, 0) is 9.53 Å². The van der Waals surface area contributed by atoms with Crippen molar-refractivity contribution < 1.29 is 14.3 Å². The Hall–Kier alpha value is -3.91. The summed E-state index contributed by atoms with van der Waals surface area (Å²) in [5.41, 5.74) is 4.43. The molecule has 7 nitrogen and oxygen atoms in total. The van der Waals surface area contributed by atoms with E-state index in [1.54, 1.807) is 31.2 Å². The van der Waals surface area contributed by atoms with E-state index < -0.39 is 0 Å². The molecule has 1 amide bonds. The summed E-state index contributed by atoms with van der Waals surface area (Å²) in [6.07, 6.45) is 5.78. The summed E-state index contributed by atoms with van der Waals surface area (Å²) < 4.78 is 7.25. The maximum Gasteiger partial charge on any atom is 0.338 e. The van der Waals surface area contributed by atoms with Crippen LogP contribution in [0.2, 0.25) is 0 Å². The summed E-state index contributed by atoms with van der Waals surface area (Å²) in [5.74, 6) is 0.533. The molecule has 1 aromatic heterocycles. The molecular formula is C31H32N4O3S. The average Bonchev–Trinajstić information content (AvgIpc) is 3.41. The number of nitrogens with zero attached hydrogens (tertiary/aromatic N) is 3. The van der Waals surface area contributed by atoms with Crippen LogP contribution in [0.15, 0.2) is 84.0 Å². The third-order valence-corrected chi connectivity index (χ3v) is 7.81. The number of nitrogens with one attached hydrogen (secondary N) is 1. The van der Waals surface area contributed by atoms with Crippen LogP contribution >= 0.6 is 11.8 Å². The van der Waals surface area contributed by atoms with Gasteiger partial charge in [-0.2, -0.15) is 0 Å². The SMILES string of the molecule is CCOC(=O)c1ccc(NC(=O)CSc2nnc(-c3ccc(-c4ccccc4)cc3)n2C2CCCCC2)cc1. The van der Waals surface area contributed by atoms with Crippen LogP contribution in [0, 0.1) is 0 Å². The maximum atomic E-state index is 12.8. The van der Waals surface area contributed by atoms with Gasteiger partial charge in [0.25, 0.3) is 0 Å². The highest BCUT2D eigenvalue weighted by atomic mass is 32.2. The number of benzene rings is 3. The molecule has 3 aromatic carbocycles. The summed E-state index contributed by atoms with van der Waals surface area (Å²) in [6.45, 7) is 2.09. The Labute approximate surface area is 233 Å². The van der Waals surface area contributed by atoms with E-state index in [1.165, 1.54) is 36.6 Å². The second-order valence-corrected chi connectivity index (χ2v) is 10.5. The minimum atomic E-state index is -0.376. The molecule has 0 bridgehead atoms. The number of hydrogen-bond acceptors (Lipinski definition) is 6. The third kappa shape index (κ3) is 6.57. The zero-order chi connectivity index (χ0) is 27.0. The largest absolute Gasteiger partial charge is 0.462 e. The number of amides is 1. The summed E-state index contributed by atoms with van der Waals surface area (Å²) in [6, 6.07) is 25.8. The molecule has 1 aliphatic rings. The van der Waals surface area contributed by atoms with Gasteiger partial charge in [0.15, 0.2) is 11.0 Å². The molecule has 200 valence electrons. The number of carbonyl (C=O) groups is 2. The fraction of sp³-hybridized carbons (Fsp3) is 0.290. The molecule has 1 aliphatic carbocycles. The standard InChI is InChI=1S/C31H32N4O3S/c1-2-38-30(37)25-17-19-26(20-18-25)32-28(36)21-39-31-34-33-29(35(31)27-11-7-4-8-12-27)24-15-13-23(14-16-24)22-9-5-3-6-10-22/h3,5-6,9-10,13-20,27H,2,4,7-8,11-12,21H2,1H3,(H,32,36). The molecule has 0 radical (unpaired) electrons. The van der Waals surface area contributed by atoms with Gasteiger partial charge in [0.2, 0.25) is 5.91 Å². The van der Waals surface area contributed by atoms with Crippen LogP contribution in [0.25, 0.3) is 22.5 Å². The molecule has 0 saturated heterocycles. The monoisotopic (exact) mass is 540 g/mol. The van der Waals surface area contributed by atoms with E-state index in [2.05, 4.69) is 56.5 Å². The first kappa shape index (κ1) is 26.7. The highest BCUT2D eigenvalue weighted by Crippen LogP contribution is 2.36. The first-order valence-corrected chi connectivity index (χ1v) is 14.4. The summed E-state index contributed by atoms with van der Waals surface area (Å²) in [7, 11) is 0. The lowest BCUT2D eigenvalue weighted by molar-refractivity contribution is -0.113. The van der Waals surface area contributed by atoms with Crippen molar-refractivity contribution in [2.24, 2.45) is 0 Å². The zero-order valence-corrected chi connectivity index (χ0v) is 22.8. The molecule has 1 heterocycles. The average molecular weight is 541 g/mol. The molecule has 0 unspecified atom stereocenters. The Kier molecular flexibility index (Phi) is 8.73. The Morgan fingerprint density at radius 2 is 1.54 bits per heavy atom. The highest BCUT2D eigenvalue weighted by Gasteiger charge is 2.24. The Balaban J connectivity index is 1.30. The van der Waals surface area contributed by atoms with Crippen LogP contribution in [0.1, 0.15) is 55.4 Å². The summed E-state index contributed by atoms with van der Waals surface area (Å²) >= 11 is 1.40. The first-order chi connectivity index (χ1) is 19.1. The smallest absolute Gasteiger partial charge is 0.338 e. The Bertz CT molecular complexity index is 1400. The van der Waals surface area contributed by atoms with Crippen molar-refractivity contribution in [2.75, 3.05) is 17.7 Å². The number of esters is 1. The lowest BCUT2D eigenvalue weighted by atomic mass is 9.95. The van der Waals surface area contributed by atoms with Gasteiger partial charge in [0, 0.05) is 17.3 Å². The normalized spacial score (nSPS) is 13.7. The minimum absolute atomic E-state index is 0.143. The Morgan fingerprint density at radius 1 is 0.872 bits per heavy atom. The van der Waals surface area contributed by atoms with Gasteiger partial charge in [-0.1, -0.05) is 85.6 Å². The number of ether oxygens (including phenoxy) is 1. The van der Waals surface area contributed by atoms with Crippen molar-refractivity contribution in [2.45, 2.75) is 50.2 Å². The van der Waals surface area contributed by atoms with E-state index in [0.717, 1.165) is 34.9 Å². The van der Waals surface area contributed by atoms with E-state index in [-0.39, 0.29) is 17.6 Å². The van der Waals surface area contributed by atoms with Crippen molar-refractivity contribution in [1.29, 1.82) is 0 Å². The second kappa shape index (κ2) is 12.8. The van der Waals surface area contributed by atoms with Gasteiger partial charge in [0.1, 0.15) is 0 Å². The van der Waals surface area contributed by atoms with Crippen molar-refractivity contribution in [3.05, 3.63) is 84.4 Å². The number of thioether (sulfide) groups is 1. The number of carbonyl (C=O) groups excluding carboxylic acids is 2. The third-order valence-electron chi connectivity index (χ3n) is 6.87. The van der Waals surface area contributed by atoms with Gasteiger partial charge < -0.3 is 10.1 Å². The highest BCUT2D eigenvalue weighted by molar-refractivity contribution is 7.99. The zero-order valence-electron chi connectivity index (χ0n) is 22.0. The van der Waals surface area contributed by atoms with Gasteiger partial charge in [-0.05, 0) is 55.2 Å². The molecule has 0 atom stereocenters. The van der Waals surface area contributed by atoms with E-state index in [1.807, 2.05) is 18.2 Å². The molecule has 5 rings (SSSR count). The maximum absolute atomic E-state index is 12.8. The molecular weight excluding hydrogens is 508 g/mol. The van der Waals surface area contributed by atoms with Gasteiger partial charge in [-0.15, -0.1) is 10.2 Å². The number of anilines is 1. The molecule has 4 aromatic rings. The summed E-state index contributed by atoms with van der Waals surface area (Å²) in [5, 5.41) is 12.8. The Morgan fingerprint density at radius 3 is 2.23 bits per heavy atom. The lowest BCUT2D eigenvalue weighted by Gasteiger charge is -2.25. The fourth-order valence-corrected chi connectivity index (χ4v) is 5.72. The van der Waals surface area contributed by atoms with Crippen molar-refractivity contribution in [3.8, 4) is 22.5 Å². The van der Waals surface area contributed by atoms with Crippen molar-refractivity contribution in [1.82, 2.24) is 14.8 Å². The quantitative estimate of drug-likeness (QED) is 0.181. The molecule has 0 spiro atoms. The number of aromatic nitrogens is 3. The van der Waals surface area contributed by atoms with Gasteiger partial charge >= 0.3 is 5.97 Å². The molecule has 1 saturated carbocycles. The molecule has 39 heavy (non-hydrogen) atoms. The minimum Gasteiger partial charge on any atom is -0.462 e.